The number of ketones is 1. The molecule has 0 N–H and O–H groups in total. The van der Waals surface area contributed by atoms with Crippen LogP contribution < -0.4 is 0 Å². The van der Waals surface area contributed by atoms with E-state index in [4.69, 9.17) is 4.42 Å². The number of rotatable bonds is 4. The maximum atomic E-state index is 10.9. The highest BCUT2D eigenvalue weighted by atomic mass is 16.4. The van der Waals surface area contributed by atoms with E-state index in [1.165, 1.54) is 5.56 Å². The largest absolute Gasteiger partial charge is 0.445 e. The number of hydrogen-bond donors (Lipinski definition) is 0. The molecule has 17 heavy (non-hydrogen) atoms. The van der Waals surface area contributed by atoms with E-state index in [1.54, 1.807) is 13.1 Å². The van der Waals surface area contributed by atoms with Gasteiger partial charge in [-0.1, -0.05) is 29.8 Å². The quantitative estimate of drug-likeness (QED) is 0.809. The second-order valence-electron chi connectivity index (χ2n) is 4.26. The Morgan fingerprint density at radius 2 is 2.00 bits per heavy atom. The van der Waals surface area contributed by atoms with Crippen molar-refractivity contribution in [2.75, 3.05) is 0 Å². The predicted molar refractivity (Wildman–Crippen MR) is 64.9 cm³/mol. The number of nitrogens with zero attached hydrogens (tertiary/aromatic N) is 1. The second-order valence-corrected chi connectivity index (χ2v) is 4.26. The number of hydrogen-bond acceptors (Lipinski definition) is 3. The summed E-state index contributed by atoms with van der Waals surface area (Å²) in [5.41, 5.74) is 2.39. The van der Waals surface area contributed by atoms with Gasteiger partial charge in [0.1, 0.15) is 11.5 Å². The standard InChI is InChI=1S/C14H15NO2/c1-10-3-5-12(6-4-10)8-14-15-9-13(17-14)7-11(2)16/h3-6,9H,7-8H2,1-2H3. The van der Waals surface area contributed by atoms with Crippen molar-refractivity contribution in [2.45, 2.75) is 26.7 Å². The Morgan fingerprint density at radius 3 is 2.65 bits per heavy atom. The molecule has 0 spiro atoms. The summed E-state index contributed by atoms with van der Waals surface area (Å²) in [6.07, 6.45) is 2.62. The van der Waals surface area contributed by atoms with Crippen LogP contribution in [-0.4, -0.2) is 10.8 Å². The summed E-state index contributed by atoms with van der Waals surface area (Å²) >= 11 is 0. The third kappa shape index (κ3) is 3.28. The lowest BCUT2D eigenvalue weighted by atomic mass is 10.1. The summed E-state index contributed by atoms with van der Waals surface area (Å²) in [4.78, 5) is 15.1. The van der Waals surface area contributed by atoms with Crippen molar-refractivity contribution < 1.29 is 9.21 Å². The van der Waals surface area contributed by atoms with E-state index >= 15 is 0 Å². The third-order valence-electron chi connectivity index (χ3n) is 2.50. The van der Waals surface area contributed by atoms with Crippen molar-refractivity contribution >= 4 is 5.78 Å². The number of carbonyl (C=O) groups is 1. The van der Waals surface area contributed by atoms with Gasteiger partial charge in [-0.25, -0.2) is 4.98 Å². The molecular formula is C14H15NO2. The number of aromatic nitrogens is 1. The molecule has 0 atom stereocenters. The van der Waals surface area contributed by atoms with Crippen molar-refractivity contribution in [1.82, 2.24) is 4.98 Å². The fourth-order valence-corrected chi connectivity index (χ4v) is 1.64. The van der Waals surface area contributed by atoms with Gasteiger partial charge in [0.25, 0.3) is 0 Å². The molecular weight excluding hydrogens is 214 g/mol. The zero-order valence-electron chi connectivity index (χ0n) is 10.1. The molecule has 1 aromatic carbocycles. The van der Waals surface area contributed by atoms with Gasteiger partial charge in [-0.05, 0) is 19.4 Å². The van der Waals surface area contributed by atoms with E-state index in [1.807, 2.05) is 0 Å². The van der Waals surface area contributed by atoms with E-state index in [9.17, 15) is 4.79 Å². The fourth-order valence-electron chi connectivity index (χ4n) is 1.64. The Morgan fingerprint density at radius 1 is 1.29 bits per heavy atom. The minimum absolute atomic E-state index is 0.0861. The first-order valence-electron chi connectivity index (χ1n) is 5.62. The number of carbonyl (C=O) groups excluding carboxylic acids is 1. The summed E-state index contributed by atoms with van der Waals surface area (Å²) in [5, 5.41) is 0. The zero-order chi connectivity index (χ0) is 12.3. The van der Waals surface area contributed by atoms with Crippen LogP contribution in [0.3, 0.4) is 0 Å². The summed E-state index contributed by atoms with van der Waals surface area (Å²) in [6, 6.07) is 8.25. The van der Waals surface area contributed by atoms with Crippen LogP contribution in [0.4, 0.5) is 0 Å². The second kappa shape index (κ2) is 4.95. The normalized spacial score (nSPS) is 10.5. The molecule has 88 valence electrons. The lowest BCUT2D eigenvalue weighted by Crippen LogP contribution is -1.93. The van der Waals surface area contributed by atoms with E-state index in [2.05, 4.69) is 36.2 Å². The van der Waals surface area contributed by atoms with Crippen molar-refractivity contribution in [2.24, 2.45) is 0 Å². The smallest absolute Gasteiger partial charge is 0.198 e. The molecule has 0 saturated heterocycles. The maximum Gasteiger partial charge on any atom is 0.198 e. The molecule has 0 aliphatic carbocycles. The Balaban J connectivity index is 2.06. The molecule has 0 radical (unpaired) electrons. The van der Waals surface area contributed by atoms with E-state index < -0.39 is 0 Å². The molecule has 2 rings (SSSR count). The molecule has 1 heterocycles. The first-order valence-corrected chi connectivity index (χ1v) is 5.62. The highest BCUT2D eigenvalue weighted by molar-refractivity contribution is 5.77. The van der Waals surface area contributed by atoms with Crippen LogP contribution in [0.15, 0.2) is 34.9 Å². The monoisotopic (exact) mass is 229 g/mol. The number of Topliss-reactive ketones (excluding diaryl/α,β-unsaturated/α-hetero) is 1. The van der Waals surface area contributed by atoms with E-state index in [-0.39, 0.29) is 5.78 Å². The van der Waals surface area contributed by atoms with Gasteiger partial charge >= 0.3 is 0 Å². The van der Waals surface area contributed by atoms with Crippen LogP contribution in [0.2, 0.25) is 0 Å². The van der Waals surface area contributed by atoms with Gasteiger partial charge in [-0.2, -0.15) is 0 Å². The highest BCUT2D eigenvalue weighted by Crippen LogP contribution is 2.11. The molecule has 1 aromatic heterocycles. The van der Waals surface area contributed by atoms with Gasteiger partial charge in [0.05, 0.1) is 12.6 Å². The van der Waals surface area contributed by atoms with Gasteiger partial charge < -0.3 is 4.42 Å². The van der Waals surface area contributed by atoms with Crippen molar-refractivity contribution in [3.05, 3.63) is 53.2 Å². The van der Waals surface area contributed by atoms with Crippen LogP contribution in [0.25, 0.3) is 0 Å². The Kier molecular flexibility index (Phi) is 3.38. The van der Waals surface area contributed by atoms with Crippen molar-refractivity contribution in [1.29, 1.82) is 0 Å². The summed E-state index contributed by atoms with van der Waals surface area (Å²) in [6.45, 7) is 3.60. The average molecular weight is 229 g/mol. The summed E-state index contributed by atoms with van der Waals surface area (Å²) < 4.78 is 5.50. The number of oxazole rings is 1. The molecule has 0 aliphatic rings. The fraction of sp³-hybridized carbons (Fsp3) is 0.286. The number of benzene rings is 1. The number of aryl methyl sites for hydroxylation is 1. The molecule has 0 aliphatic heterocycles. The molecule has 0 amide bonds. The maximum absolute atomic E-state index is 10.9. The van der Waals surface area contributed by atoms with Crippen LogP contribution >= 0.6 is 0 Å². The molecule has 0 unspecified atom stereocenters. The first-order chi connectivity index (χ1) is 8.13. The Bertz CT molecular complexity index is 511. The lowest BCUT2D eigenvalue weighted by Gasteiger charge is -1.98. The van der Waals surface area contributed by atoms with Gasteiger partial charge in [0.2, 0.25) is 0 Å². The Labute approximate surface area is 100 Å². The minimum atomic E-state index is 0.0861. The SMILES string of the molecule is CC(=O)Cc1cnc(Cc2ccc(C)cc2)o1. The van der Waals surface area contributed by atoms with Crippen molar-refractivity contribution in [3.63, 3.8) is 0 Å². The molecule has 3 heteroatoms. The van der Waals surface area contributed by atoms with Crippen LogP contribution in [0.5, 0.6) is 0 Å². The van der Waals surface area contributed by atoms with Crippen LogP contribution in [-0.2, 0) is 17.6 Å². The van der Waals surface area contributed by atoms with Gasteiger partial charge in [0, 0.05) is 6.42 Å². The minimum Gasteiger partial charge on any atom is -0.445 e. The Hall–Kier alpha value is -1.90. The first kappa shape index (κ1) is 11.6. The predicted octanol–water partition coefficient (Wildman–Crippen LogP) is 2.71. The molecule has 0 saturated carbocycles. The average Bonchev–Trinajstić information content (AvgIpc) is 2.68. The van der Waals surface area contributed by atoms with Crippen LogP contribution in [0.1, 0.15) is 29.7 Å². The molecule has 2 aromatic rings. The highest BCUT2D eigenvalue weighted by Gasteiger charge is 2.06. The topological polar surface area (TPSA) is 43.1 Å². The van der Waals surface area contributed by atoms with Crippen molar-refractivity contribution in [3.8, 4) is 0 Å². The van der Waals surface area contributed by atoms with E-state index in [0.717, 1.165) is 5.56 Å². The molecule has 0 fully saturated rings. The van der Waals surface area contributed by atoms with Gasteiger partial charge in [-0.3, -0.25) is 4.79 Å². The zero-order valence-corrected chi connectivity index (χ0v) is 10.1. The molecule has 3 nitrogen and oxygen atoms in total. The summed E-state index contributed by atoms with van der Waals surface area (Å²) in [5.74, 6) is 1.38. The summed E-state index contributed by atoms with van der Waals surface area (Å²) in [7, 11) is 0. The lowest BCUT2D eigenvalue weighted by molar-refractivity contribution is -0.116. The van der Waals surface area contributed by atoms with Gasteiger partial charge in [-0.15, -0.1) is 0 Å². The van der Waals surface area contributed by atoms with E-state index in [0.29, 0.717) is 24.5 Å². The molecule has 0 bridgehead atoms. The van der Waals surface area contributed by atoms with Crippen LogP contribution in [0, 0.1) is 6.92 Å². The third-order valence-corrected chi connectivity index (χ3v) is 2.50. The van der Waals surface area contributed by atoms with Gasteiger partial charge in [0.15, 0.2) is 5.89 Å².